The van der Waals surface area contributed by atoms with E-state index in [1.807, 2.05) is 0 Å². The monoisotopic (exact) mass is 408 g/mol. The Balaban J connectivity index is 1.90. The van der Waals surface area contributed by atoms with Crippen molar-refractivity contribution >= 4 is 34.9 Å². The zero-order valence-electron chi connectivity index (χ0n) is 16.5. The summed E-state index contributed by atoms with van der Waals surface area (Å²) in [5.74, 6) is 0.398. The maximum Gasteiger partial charge on any atom is 0.415 e. The van der Waals surface area contributed by atoms with Gasteiger partial charge in [0.15, 0.2) is 11.4 Å². The number of anilines is 1. The van der Waals surface area contributed by atoms with Gasteiger partial charge in [0, 0.05) is 19.5 Å². The largest absolute Gasteiger partial charge is 0.443 e. The summed E-state index contributed by atoms with van der Waals surface area (Å²) in [5, 5.41) is 14.1. The zero-order valence-corrected chi connectivity index (χ0v) is 17.2. The van der Waals surface area contributed by atoms with Crippen LogP contribution in [0, 0.1) is 5.92 Å². The van der Waals surface area contributed by atoms with E-state index in [2.05, 4.69) is 10.1 Å². The van der Waals surface area contributed by atoms with Crippen LogP contribution in [-0.2, 0) is 4.74 Å². The van der Waals surface area contributed by atoms with Gasteiger partial charge in [0.25, 0.3) is 0 Å². The molecule has 28 heavy (non-hydrogen) atoms. The Morgan fingerprint density at radius 3 is 2.71 bits per heavy atom. The fourth-order valence-electron chi connectivity index (χ4n) is 3.38. The van der Waals surface area contributed by atoms with Crippen LogP contribution in [0.4, 0.5) is 10.6 Å². The van der Waals surface area contributed by atoms with Crippen molar-refractivity contribution in [3.8, 4) is 0 Å². The minimum atomic E-state index is -0.654. The number of Topliss-reactive ketones (excluding diaryl/α,β-unsaturated/α-hetero) is 1. The van der Waals surface area contributed by atoms with Crippen LogP contribution < -0.4 is 4.90 Å². The first-order valence-corrected chi connectivity index (χ1v) is 9.65. The topological polar surface area (TPSA) is 97.0 Å². The number of ketones is 1. The molecule has 0 unspecified atom stereocenters. The van der Waals surface area contributed by atoms with Crippen LogP contribution >= 0.6 is 11.6 Å². The van der Waals surface area contributed by atoms with Gasteiger partial charge < -0.3 is 9.84 Å². The number of carbonyl (C=O) groups is 2. The molecule has 1 amide bonds. The van der Waals surface area contributed by atoms with Crippen molar-refractivity contribution in [1.29, 1.82) is 0 Å². The summed E-state index contributed by atoms with van der Waals surface area (Å²) in [4.78, 5) is 30.7. The number of hydrogen-bond donors (Lipinski definition) is 1. The van der Waals surface area contributed by atoms with Crippen molar-refractivity contribution in [1.82, 2.24) is 14.6 Å². The lowest BCUT2D eigenvalue weighted by Gasteiger charge is -2.24. The van der Waals surface area contributed by atoms with Crippen molar-refractivity contribution < 1.29 is 19.4 Å². The Bertz CT molecular complexity index is 905. The summed E-state index contributed by atoms with van der Waals surface area (Å²) in [6.45, 7) is 5.33. The summed E-state index contributed by atoms with van der Waals surface area (Å²) in [5.41, 5.74) is -0.0116. The molecule has 0 aromatic carbocycles. The number of nitrogens with zero attached hydrogens (tertiary/aromatic N) is 4. The number of carbonyl (C=O) groups excluding carboxylic acids is 2. The molecule has 2 heterocycles. The van der Waals surface area contributed by atoms with Gasteiger partial charge in [-0.2, -0.15) is 9.61 Å². The van der Waals surface area contributed by atoms with Gasteiger partial charge in [-0.25, -0.2) is 9.78 Å². The van der Waals surface area contributed by atoms with E-state index < -0.39 is 11.7 Å². The van der Waals surface area contributed by atoms with Crippen molar-refractivity contribution in [3.05, 3.63) is 23.0 Å². The first kappa shape index (κ1) is 20.5. The molecule has 1 aliphatic rings. The fourth-order valence-corrected chi connectivity index (χ4v) is 3.56. The molecule has 1 fully saturated rings. The van der Waals surface area contributed by atoms with Crippen molar-refractivity contribution in [2.75, 3.05) is 11.9 Å². The predicted octanol–water partition coefficient (Wildman–Crippen LogP) is 3.49. The summed E-state index contributed by atoms with van der Waals surface area (Å²) in [7, 11) is 1.54. The highest BCUT2D eigenvalue weighted by Gasteiger charge is 2.28. The second-order valence-electron chi connectivity index (χ2n) is 8.23. The fraction of sp³-hybridized carbons (Fsp3) is 0.579. The smallest absolute Gasteiger partial charge is 0.415 e. The highest BCUT2D eigenvalue weighted by molar-refractivity contribution is 6.30. The minimum Gasteiger partial charge on any atom is -0.443 e. The van der Waals surface area contributed by atoms with E-state index in [1.165, 1.54) is 21.7 Å². The summed E-state index contributed by atoms with van der Waals surface area (Å²) in [6.07, 6.45) is 3.05. The molecule has 0 bridgehead atoms. The number of ether oxygens (including phenoxy) is 1. The Kier molecular flexibility index (Phi) is 5.63. The Morgan fingerprint density at radius 2 is 2.11 bits per heavy atom. The van der Waals surface area contributed by atoms with Crippen molar-refractivity contribution in [2.45, 2.75) is 58.2 Å². The standard InChI is InChI=1S/C19H25ClN4O4/c1-19(2,3)28-18(27)23(4)16-9-15(20)22-17-13(10-21-24(16)17)14(26)8-11-5-6-12(25)7-11/h9-12,25H,5-8H2,1-4H3/t11-,12+/m1/s1. The lowest BCUT2D eigenvalue weighted by atomic mass is 9.98. The Hall–Kier alpha value is -2.19. The molecule has 9 heteroatoms. The second-order valence-corrected chi connectivity index (χ2v) is 8.62. The van der Waals surface area contributed by atoms with Gasteiger partial charge in [-0.1, -0.05) is 11.6 Å². The van der Waals surface area contributed by atoms with E-state index in [4.69, 9.17) is 16.3 Å². The number of aromatic nitrogens is 3. The Labute approximate surface area is 168 Å². The third kappa shape index (κ3) is 4.44. The van der Waals surface area contributed by atoms with Gasteiger partial charge in [-0.3, -0.25) is 9.69 Å². The molecule has 152 valence electrons. The molecule has 1 aliphatic carbocycles. The average molecular weight is 409 g/mol. The predicted molar refractivity (Wildman–Crippen MR) is 105 cm³/mol. The molecular weight excluding hydrogens is 384 g/mol. The number of amides is 1. The first-order chi connectivity index (χ1) is 13.0. The van der Waals surface area contributed by atoms with Crippen LogP contribution in [-0.4, -0.2) is 50.3 Å². The molecule has 0 spiro atoms. The normalized spacial score (nSPS) is 19.8. The zero-order chi connectivity index (χ0) is 20.6. The van der Waals surface area contributed by atoms with E-state index in [0.29, 0.717) is 29.9 Å². The number of fused-ring (bicyclic) bond motifs is 1. The minimum absolute atomic E-state index is 0.102. The molecule has 2 aromatic rings. The third-order valence-electron chi connectivity index (χ3n) is 4.72. The highest BCUT2D eigenvalue weighted by Crippen LogP contribution is 2.30. The Morgan fingerprint density at radius 1 is 1.39 bits per heavy atom. The molecule has 0 radical (unpaired) electrons. The van der Waals surface area contributed by atoms with Gasteiger partial charge in [-0.15, -0.1) is 0 Å². The second kappa shape index (κ2) is 7.67. The van der Waals surface area contributed by atoms with Gasteiger partial charge in [0.05, 0.1) is 17.9 Å². The van der Waals surface area contributed by atoms with E-state index in [0.717, 1.165) is 12.8 Å². The van der Waals surface area contributed by atoms with Crippen LogP contribution in [0.5, 0.6) is 0 Å². The third-order valence-corrected chi connectivity index (χ3v) is 4.91. The number of aliphatic hydroxyl groups excluding tert-OH is 1. The SMILES string of the molecule is CN(C(=O)OC(C)(C)C)c1cc(Cl)nc2c(C(=O)C[C@@H]3CC[C@H](O)C3)cnn12. The van der Waals surface area contributed by atoms with Crippen LogP contribution in [0.3, 0.4) is 0 Å². The summed E-state index contributed by atoms with van der Waals surface area (Å²) in [6, 6.07) is 1.49. The molecule has 1 saturated carbocycles. The molecule has 0 saturated heterocycles. The van der Waals surface area contributed by atoms with Crippen molar-refractivity contribution in [3.63, 3.8) is 0 Å². The maximum absolute atomic E-state index is 12.8. The molecular formula is C19H25ClN4O4. The van der Waals surface area contributed by atoms with Crippen LogP contribution in [0.15, 0.2) is 12.3 Å². The van der Waals surface area contributed by atoms with E-state index >= 15 is 0 Å². The van der Waals surface area contributed by atoms with E-state index in [-0.39, 0.29) is 23.0 Å². The van der Waals surface area contributed by atoms with Crippen LogP contribution in [0.2, 0.25) is 5.15 Å². The lowest BCUT2D eigenvalue weighted by Crippen LogP contribution is -2.35. The van der Waals surface area contributed by atoms with Crippen LogP contribution in [0.1, 0.15) is 56.8 Å². The molecule has 8 nitrogen and oxygen atoms in total. The molecule has 1 N–H and O–H groups in total. The van der Waals surface area contributed by atoms with Gasteiger partial charge in [-0.05, 0) is 46.0 Å². The lowest BCUT2D eigenvalue weighted by molar-refractivity contribution is 0.0587. The quantitative estimate of drug-likeness (QED) is 0.614. The van der Waals surface area contributed by atoms with Crippen LogP contribution in [0.25, 0.3) is 5.65 Å². The molecule has 2 aromatic heterocycles. The first-order valence-electron chi connectivity index (χ1n) is 9.27. The number of hydrogen-bond acceptors (Lipinski definition) is 6. The molecule has 3 rings (SSSR count). The van der Waals surface area contributed by atoms with E-state index in [9.17, 15) is 14.7 Å². The number of aliphatic hydroxyl groups is 1. The maximum atomic E-state index is 12.8. The molecule has 2 atom stereocenters. The number of rotatable bonds is 4. The van der Waals surface area contributed by atoms with Crippen molar-refractivity contribution in [2.24, 2.45) is 5.92 Å². The van der Waals surface area contributed by atoms with Gasteiger partial charge >= 0.3 is 6.09 Å². The van der Waals surface area contributed by atoms with Gasteiger partial charge in [0.1, 0.15) is 16.6 Å². The average Bonchev–Trinajstić information content (AvgIpc) is 3.17. The van der Waals surface area contributed by atoms with Gasteiger partial charge in [0.2, 0.25) is 0 Å². The highest BCUT2D eigenvalue weighted by atomic mass is 35.5. The summed E-state index contributed by atoms with van der Waals surface area (Å²) >= 11 is 6.15. The van der Waals surface area contributed by atoms with E-state index in [1.54, 1.807) is 27.8 Å². The molecule has 0 aliphatic heterocycles. The summed E-state index contributed by atoms with van der Waals surface area (Å²) < 4.78 is 6.80. The number of halogens is 1.